The van der Waals surface area contributed by atoms with E-state index < -0.39 is 0 Å². The van der Waals surface area contributed by atoms with Gasteiger partial charge in [-0.05, 0) is 37.5 Å². The molecule has 0 saturated heterocycles. The van der Waals surface area contributed by atoms with Crippen molar-refractivity contribution in [3.63, 3.8) is 0 Å². The van der Waals surface area contributed by atoms with E-state index in [-0.39, 0.29) is 5.91 Å². The van der Waals surface area contributed by atoms with E-state index in [9.17, 15) is 4.79 Å². The molecule has 0 aromatic heterocycles. The van der Waals surface area contributed by atoms with Crippen LogP contribution in [-0.2, 0) is 4.79 Å². The molecule has 1 fully saturated rings. The van der Waals surface area contributed by atoms with E-state index in [1.165, 1.54) is 12.8 Å². The van der Waals surface area contributed by atoms with Gasteiger partial charge in [0.25, 0.3) is 0 Å². The fourth-order valence-electron chi connectivity index (χ4n) is 2.60. The predicted octanol–water partition coefficient (Wildman–Crippen LogP) is 1.72. The van der Waals surface area contributed by atoms with Crippen molar-refractivity contribution in [1.29, 1.82) is 0 Å². The van der Waals surface area contributed by atoms with Crippen LogP contribution in [0.4, 0.5) is 0 Å². The van der Waals surface area contributed by atoms with Gasteiger partial charge in [0.05, 0.1) is 0 Å². The van der Waals surface area contributed by atoms with Crippen molar-refractivity contribution >= 4 is 5.91 Å². The molecule has 13 heavy (non-hydrogen) atoms. The third kappa shape index (κ3) is 1.62. The SMILES string of the molecule is CNC(=O)C1C2CC/C=C/CCC21. The smallest absolute Gasteiger partial charge is 0.223 e. The maximum atomic E-state index is 11.4. The molecule has 0 heterocycles. The van der Waals surface area contributed by atoms with Crippen LogP contribution in [0.25, 0.3) is 0 Å². The highest BCUT2D eigenvalue weighted by Crippen LogP contribution is 2.52. The molecule has 2 nitrogen and oxygen atoms in total. The van der Waals surface area contributed by atoms with Crippen LogP contribution >= 0.6 is 0 Å². The second kappa shape index (κ2) is 3.52. The lowest BCUT2D eigenvalue weighted by Gasteiger charge is -1.99. The number of carbonyl (C=O) groups is 1. The summed E-state index contributed by atoms with van der Waals surface area (Å²) >= 11 is 0. The zero-order chi connectivity index (χ0) is 9.26. The lowest BCUT2D eigenvalue weighted by Crippen LogP contribution is -2.21. The molecular weight excluding hydrogens is 162 g/mol. The topological polar surface area (TPSA) is 29.1 Å². The van der Waals surface area contributed by atoms with E-state index in [0.717, 1.165) is 12.8 Å². The lowest BCUT2D eigenvalue weighted by atomic mass is 10.1. The standard InChI is InChI=1S/C11H17NO/c1-12-11(13)10-8-6-4-2-3-5-7-9(8)10/h2-3,8-10H,4-7H2,1H3,(H,12,13)/b3-2+. The summed E-state index contributed by atoms with van der Waals surface area (Å²) in [6.07, 6.45) is 9.26. The molecule has 2 rings (SSSR count). The van der Waals surface area contributed by atoms with Crippen molar-refractivity contribution in [3.05, 3.63) is 12.2 Å². The minimum Gasteiger partial charge on any atom is -0.359 e. The summed E-state index contributed by atoms with van der Waals surface area (Å²) in [5.74, 6) is 1.97. The Labute approximate surface area is 79.4 Å². The van der Waals surface area contributed by atoms with Gasteiger partial charge in [0, 0.05) is 13.0 Å². The first-order valence-corrected chi connectivity index (χ1v) is 5.21. The summed E-state index contributed by atoms with van der Waals surface area (Å²) in [4.78, 5) is 11.4. The minimum absolute atomic E-state index is 0.261. The number of nitrogens with one attached hydrogen (secondary N) is 1. The fraction of sp³-hybridized carbons (Fsp3) is 0.727. The van der Waals surface area contributed by atoms with Crippen molar-refractivity contribution < 1.29 is 4.79 Å². The van der Waals surface area contributed by atoms with Crippen molar-refractivity contribution in [2.45, 2.75) is 25.7 Å². The number of hydrogen-bond donors (Lipinski definition) is 1. The molecule has 1 saturated carbocycles. The molecule has 2 atom stereocenters. The van der Waals surface area contributed by atoms with Gasteiger partial charge in [-0.25, -0.2) is 0 Å². The van der Waals surface area contributed by atoms with Crippen molar-refractivity contribution in [2.75, 3.05) is 7.05 Å². The molecule has 0 aromatic rings. The van der Waals surface area contributed by atoms with E-state index in [4.69, 9.17) is 0 Å². The molecule has 0 aromatic carbocycles. The Morgan fingerprint density at radius 3 is 2.23 bits per heavy atom. The van der Waals surface area contributed by atoms with Gasteiger partial charge < -0.3 is 5.32 Å². The second-order valence-electron chi connectivity index (χ2n) is 4.09. The van der Waals surface area contributed by atoms with Crippen LogP contribution in [0.5, 0.6) is 0 Å². The highest BCUT2D eigenvalue weighted by atomic mass is 16.2. The highest BCUT2D eigenvalue weighted by Gasteiger charge is 2.52. The van der Waals surface area contributed by atoms with Gasteiger partial charge >= 0.3 is 0 Å². The van der Waals surface area contributed by atoms with Gasteiger partial charge in [-0.3, -0.25) is 4.79 Å². The van der Waals surface area contributed by atoms with Gasteiger partial charge in [-0.1, -0.05) is 12.2 Å². The number of rotatable bonds is 1. The summed E-state index contributed by atoms with van der Waals surface area (Å²) in [6, 6.07) is 0. The summed E-state index contributed by atoms with van der Waals surface area (Å²) < 4.78 is 0. The van der Waals surface area contributed by atoms with Gasteiger partial charge in [0.1, 0.15) is 0 Å². The molecule has 2 aliphatic carbocycles. The average Bonchev–Trinajstić information content (AvgIpc) is 2.75. The first-order valence-electron chi connectivity index (χ1n) is 5.21. The number of allylic oxidation sites excluding steroid dienone is 2. The van der Waals surface area contributed by atoms with Crippen molar-refractivity contribution in [2.24, 2.45) is 17.8 Å². The Morgan fingerprint density at radius 1 is 1.23 bits per heavy atom. The molecule has 2 unspecified atom stereocenters. The van der Waals surface area contributed by atoms with E-state index in [2.05, 4.69) is 17.5 Å². The molecule has 0 radical (unpaired) electrons. The van der Waals surface area contributed by atoms with Crippen LogP contribution in [0.1, 0.15) is 25.7 Å². The highest BCUT2D eigenvalue weighted by molar-refractivity contribution is 5.81. The summed E-state index contributed by atoms with van der Waals surface area (Å²) in [5.41, 5.74) is 0. The van der Waals surface area contributed by atoms with Crippen LogP contribution in [0.2, 0.25) is 0 Å². The molecule has 1 amide bonds. The zero-order valence-electron chi connectivity index (χ0n) is 8.12. The minimum atomic E-state index is 0.261. The quantitative estimate of drug-likeness (QED) is 0.610. The zero-order valence-corrected chi connectivity index (χ0v) is 8.12. The number of fused-ring (bicyclic) bond motifs is 1. The summed E-state index contributed by atoms with van der Waals surface area (Å²) in [5, 5.41) is 2.76. The first kappa shape index (κ1) is 8.79. The lowest BCUT2D eigenvalue weighted by molar-refractivity contribution is -0.122. The molecule has 2 aliphatic rings. The first-order chi connectivity index (χ1) is 6.34. The van der Waals surface area contributed by atoms with E-state index in [1.807, 2.05) is 0 Å². The molecule has 0 bridgehead atoms. The van der Waals surface area contributed by atoms with Crippen molar-refractivity contribution in [3.8, 4) is 0 Å². The maximum absolute atomic E-state index is 11.4. The monoisotopic (exact) mass is 179 g/mol. The molecular formula is C11H17NO. The summed E-state index contributed by atoms with van der Waals surface area (Å²) in [6.45, 7) is 0. The molecule has 0 aliphatic heterocycles. The Morgan fingerprint density at radius 2 is 1.77 bits per heavy atom. The molecule has 1 N–H and O–H groups in total. The van der Waals surface area contributed by atoms with Gasteiger partial charge in [0.15, 0.2) is 0 Å². The van der Waals surface area contributed by atoms with Crippen LogP contribution in [0, 0.1) is 17.8 Å². The second-order valence-corrected chi connectivity index (χ2v) is 4.09. The molecule has 0 spiro atoms. The fourth-order valence-corrected chi connectivity index (χ4v) is 2.60. The third-order valence-corrected chi connectivity index (χ3v) is 3.38. The Kier molecular flexibility index (Phi) is 2.38. The normalized spacial score (nSPS) is 39.6. The molecule has 2 heteroatoms. The maximum Gasteiger partial charge on any atom is 0.223 e. The Hall–Kier alpha value is -0.790. The number of carbonyl (C=O) groups excluding carboxylic acids is 1. The largest absolute Gasteiger partial charge is 0.359 e. The van der Waals surface area contributed by atoms with Crippen LogP contribution < -0.4 is 5.32 Å². The molecule has 72 valence electrons. The Balaban J connectivity index is 1.95. The average molecular weight is 179 g/mol. The van der Waals surface area contributed by atoms with E-state index in [1.54, 1.807) is 7.05 Å². The Bertz CT molecular complexity index is 218. The van der Waals surface area contributed by atoms with Gasteiger partial charge in [0.2, 0.25) is 5.91 Å². The van der Waals surface area contributed by atoms with Gasteiger partial charge in [-0.2, -0.15) is 0 Å². The van der Waals surface area contributed by atoms with Gasteiger partial charge in [-0.15, -0.1) is 0 Å². The van der Waals surface area contributed by atoms with Crippen LogP contribution in [-0.4, -0.2) is 13.0 Å². The summed E-state index contributed by atoms with van der Waals surface area (Å²) in [7, 11) is 1.74. The van der Waals surface area contributed by atoms with Crippen molar-refractivity contribution in [1.82, 2.24) is 5.32 Å². The third-order valence-electron chi connectivity index (χ3n) is 3.38. The van der Waals surface area contributed by atoms with E-state index >= 15 is 0 Å². The van der Waals surface area contributed by atoms with Crippen LogP contribution in [0.3, 0.4) is 0 Å². The van der Waals surface area contributed by atoms with Crippen LogP contribution in [0.15, 0.2) is 12.2 Å². The number of hydrogen-bond acceptors (Lipinski definition) is 1. The number of amides is 1. The predicted molar refractivity (Wildman–Crippen MR) is 52.1 cm³/mol. The van der Waals surface area contributed by atoms with E-state index in [0.29, 0.717) is 17.8 Å².